The van der Waals surface area contributed by atoms with Gasteiger partial charge in [-0.1, -0.05) is 6.07 Å². The van der Waals surface area contributed by atoms with Crippen LogP contribution in [-0.4, -0.2) is 30.2 Å². The van der Waals surface area contributed by atoms with Crippen LogP contribution in [0, 0.1) is 17.5 Å². The van der Waals surface area contributed by atoms with Crippen molar-refractivity contribution in [3.63, 3.8) is 0 Å². The lowest BCUT2D eigenvalue weighted by molar-refractivity contribution is -0.123. The summed E-state index contributed by atoms with van der Waals surface area (Å²) in [6.45, 7) is -0.500. The molecule has 0 aliphatic carbocycles. The minimum absolute atomic E-state index is 0.00702. The molecule has 4 nitrogen and oxygen atoms in total. The highest BCUT2D eigenvalue weighted by Crippen LogP contribution is 2.15. The fourth-order valence-electron chi connectivity index (χ4n) is 1.29. The van der Waals surface area contributed by atoms with E-state index in [1.807, 2.05) is 0 Å². The van der Waals surface area contributed by atoms with Gasteiger partial charge in [-0.15, -0.1) is 0 Å². The van der Waals surface area contributed by atoms with Crippen molar-refractivity contribution in [3.05, 3.63) is 35.1 Å². The maximum atomic E-state index is 13.2. The van der Waals surface area contributed by atoms with E-state index in [4.69, 9.17) is 10.8 Å². The van der Waals surface area contributed by atoms with E-state index in [9.17, 15) is 18.0 Å². The number of hydrogen-bond acceptors (Lipinski definition) is 3. The van der Waals surface area contributed by atoms with Gasteiger partial charge in [0.05, 0.1) is 6.61 Å². The molecule has 7 heteroatoms. The molecular weight excluding hydrogens is 249 g/mol. The summed E-state index contributed by atoms with van der Waals surface area (Å²) >= 11 is 0. The Bertz CT molecular complexity index is 441. The van der Waals surface area contributed by atoms with E-state index in [2.05, 4.69) is 5.32 Å². The van der Waals surface area contributed by atoms with Gasteiger partial charge in [-0.2, -0.15) is 0 Å². The number of nitrogens with one attached hydrogen (secondary N) is 1. The third-order valence-electron chi connectivity index (χ3n) is 2.34. The van der Waals surface area contributed by atoms with Crippen LogP contribution in [0.4, 0.5) is 13.2 Å². The molecule has 4 N–H and O–H groups in total. The smallest absolute Gasteiger partial charge is 0.239 e. The van der Waals surface area contributed by atoms with E-state index in [-0.39, 0.29) is 18.5 Å². The van der Waals surface area contributed by atoms with Crippen molar-refractivity contribution in [2.75, 3.05) is 13.2 Å². The van der Waals surface area contributed by atoms with Crippen molar-refractivity contribution in [1.82, 2.24) is 5.32 Å². The quantitative estimate of drug-likeness (QED) is 0.658. The molecule has 0 saturated heterocycles. The average molecular weight is 262 g/mol. The van der Waals surface area contributed by atoms with Crippen LogP contribution < -0.4 is 11.1 Å². The second kappa shape index (κ2) is 6.36. The van der Waals surface area contributed by atoms with Crippen LogP contribution in [0.2, 0.25) is 0 Å². The molecule has 0 aromatic heterocycles. The van der Waals surface area contributed by atoms with Crippen molar-refractivity contribution < 1.29 is 23.1 Å². The maximum Gasteiger partial charge on any atom is 0.239 e. The Morgan fingerprint density at radius 2 is 2.00 bits per heavy atom. The van der Waals surface area contributed by atoms with Crippen LogP contribution in [0.3, 0.4) is 0 Å². The zero-order chi connectivity index (χ0) is 13.7. The van der Waals surface area contributed by atoms with Crippen LogP contribution in [0.1, 0.15) is 5.56 Å². The topological polar surface area (TPSA) is 75.3 Å². The summed E-state index contributed by atoms with van der Waals surface area (Å²) in [7, 11) is 0. The second-order valence-electron chi connectivity index (χ2n) is 3.66. The standard InChI is InChI=1S/C11H13F3N2O2/c12-7-2-1-6(9(13)10(7)14)3-4-16-11(18)8(15)5-17/h1-2,8,17H,3-5,15H2,(H,16,18). The average Bonchev–Trinajstić information content (AvgIpc) is 2.37. The molecule has 0 fully saturated rings. The first-order chi connectivity index (χ1) is 8.47. The van der Waals surface area contributed by atoms with E-state index in [1.54, 1.807) is 0 Å². The Balaban J connectivity index is 2.55. The van der Waals surface area contributed by atoms with Crippen LogP contribution in [-0.2, 0) is 11.2 Å². The number of benzene rings is 1. The molecule has 1 aromatic carbocycles. The fourth-order valence-corrected chi connectivity index (χ4v) is 1.29. The lowest BCUT2D eigenvalue weighted by Gasteiger charge is -2.10. The van der Waals surface area contributed by atoms with Gasteiger partial charge < -0.3 is 16.2 Å². The minimum atomic E-state index is -1.54. The molecule has 0 bridgehead atoms. The molecule has 100 valence electrons. The number of halogens is 3. The van der Waals surface area contributed by atoms with Crippen molar-refractivity contribution in [2.24, 2.45) is 5.73 Å². The summed E-state index contributed by atoms with van der Waals surface area (Å²) in [5.74, 6) is -4.66. The highest BCUT2D eigenvalue weighted by atomic mass is 19.2. The van der Waals surface area contributed by atoms with Crippen LogP contribution >= 0.6 is 0 Å². The number of aliphatic hydroxyl groups is 1. The largest absolute Gasteiger partial charge is 0.394 e. The molecule has 0 heterocycles. The molecule has 0 radical (unpaired) electrons. The summed E-state index contributed by atoms with van der Waals surface area (Å²) in [6.07, 6.45) is -0.00702. The van der Waals surface area contributed by atoms with Gasteiger partial charge in [-0.25, -0.2) is 13.2 Å². The molecule has 18 heavy (non-hydrogen) atoms. The molecule has 1 atom stereocenters. The second-order valence-corrected chi connectivity index (χ2v) is 3.66. The number of carbonyl (C=O) groups is 1. The van der Waals surface area contributed by atoms with Crippen molar-refractivity contribution in [3.8, 4) is 0 Å². The number of rotatable bonds is 5. The molecule has 0 aliphatic rings. The van der Waals surface area contributed by atoms with Crippen molar-refractivity contribution >= 4 is 5.91 Å². The SMILES string of the molecule is NC(CO)C(=O)NCCc1ccc(F)c(F)c1F. The number of carbonyl (C=O) groups excluding carboxylic acids is 1. The first-order valence-electron chi connectivity index (χ1n) is 5.24. The number of aliphatic hydroxyl groups excluding tert-OH is 1. The lowest BCUT2D eigenvalue weighted by Crippen LogP contribution is -2.43. The van der Waals surface area contributed by atoms with Crippen LogP contribution in [0.5, 0.6) is 0 Å². The molecule has 0 spiro atoms. The first kappa shape index (κ1) is 14.5. The van der Waals surface area contributed by atoms with Gasteiger partial charge in [-0.3, -0.25) is 4.79 Å². The zero-order valence-corrected chi connectivity index (χ0v) is 9.42. The predicted octanol–water partition coefficient (Wildman–Crippen LogP) is 0.0822. The Morgan fingerprint density at radius 3 is 2.61 bits per heavy atom. The van der Waals surface area contributed by atoms with E-state index >= 15 is 0 Å². The van der Waals surface area contributed by atoms with Gasteiger partial charge in [0.2, 0.25) is 5.91 Å². The van der Waals surface area contributed by atoms with Gasteiger partial charge in [0.1, 0.15) is 6.04 Å². The fraction of sp³-hybridized carbons (Fsp3) is 0.364. The van der Waals surface area contributed by atoms with Gasteiger partial charge >= 0.3 is 0 Å². The molecule has 0 saturated carbocycles. The monoisotopic (exact) mass is 262 g/mol. The molecule has 1 rings (SSSR count). The summed E-state index contributed by atoms with van der Waals surface area (Å²) in [6, 6.07) is 0.862. The van der Waals surface area contributed by atoms with E-state index in [1.165, 1.54) is 0 Å². The number of amides is 1. The van der Waals surface area contributed by atoms with Crippen LogP contribution in [0.25, 0.3) is 0 Å². The maximum absolute atomic E-state index is 13.2. The highest BCUT2D eigenvalue weighted by molar-refractivity contribution is 5.81. The van der Waals surface area contributed by atoms with Crippen LogP contribution in [0.15, 0.2) is 12.1 Å². The van der Waals surface area contributed by atoms with E-state index in [0.717, 1.165) is 12.1 Å². The first-order valence-corrected chi connectivity index (χ1v) is 5.24. The predicted molar refractivity (Wildman–Crippen MR) is 58.1 cm³/mol. The molecular formula is C11H13F3N2O2. The Labute approximate surface area is 102 Å². The third kappa shape index (κ3) is 3.44. The number of nitrogens with two attached hydrogens (primary N) is 1. The summed E-state index contributed by atoms with van der Waals surface area (Å²) in [5, 5.41) is 10.9. The molecule has 1 aromatic rings. The highest BCUT2D eigenvalue weighted by Gasteiger charge is 2.14. The van der Waals surface area contributed by atoms with Gasteiger partial charge in [0.25, 0.3) is 0 Å². The Kier molecular flexibility index (Phi) is 5.11. The normalized spacial score (nSPS) is 12.3. The van der Waals surface area contributed by atoms with Gasteiger partial charge in [-0.05, 0) is 18.1 Å². The zero-order valence-electron chi connectivity index (χ0n) is 9.42. The van der Waals surface area contributed by atoms with E-state index < -0.39 is 36.0 Å². The molecule has 1 unspecified atom stereocenters. The summed E-state index contributed by atoms with van der Waals surface area (Å²) < 4.78 is 38.7. The number of hydrogen-bond donors (Lipinski definition) is 3. The lowest BCUT2D eigenvalue weighted by atomic mass is 10.1. The molecule has 1 amide bonds. The van der Waals surface area contributed by atoms with Crippen molar-refractivity contribution in [2.45, 2.75) is 12.5 Å². The van der Waals surface area contributed by atoms with Gasteiger partial charge in [0.15, 0.2) is 17.5 Å². The summed E-state index contributed by atoms with van der Waals surface area (Å²) in [4.78, 5) is 11.1. The van der Waals surface area contributed by atoms with Crippen molar-refractivity contribution in [1.29, 1.82) is 0 Å². The summed E-state index contributed by atoms with van der Waals surface area (Å²) in [5.41, 5.74) is 5.17. The minimum Gasteiger partial charge on any atom is -0.394 e. The Morgan fingerprint density at radius 1 is 1.33 bits per heavy atom. The molecule has 0 aliphatic heterocycles. The third-order valence-corrected chi connectivity index (χ3v) is 2.34. The Hall–Kier alpha value is -1.60. The van der Waals surface area contributed by atoms with Gasteiger partial charge in [0, 0.05) is 6.54 Å². The van der Waals surface area contributed by atoms with E-state index in [0.29, 0.717) is 0 Å².